The Labute approximate surface area is 136 Å². The Hall–Kier alpha value is -0.450. The molecule has 1 heterocycles. The van der Waals surface area contributed by atoms with Crippen LogP contribution < -0.4 is 9.47 Å². The SMILES string of the molecule is CCCCC(CCI)CCCc1ccc2c(c1)OCO2. The Morgan fingerprint density at radius 2 is 1.90 bits per heavy atom. The molecule has 1 aliphatic rings. The number of hydrogen-bond donors (Lipinski definition) is 0. The molecule has 1 aromatic rings. The van der Waals surface area contributed by atoms with Crippen LogP contribution in [-0.4, -0.2) is 11.2 Å². The molecule has 20 heavy (non-hydrogen) atoms. The van der Waals surface area contributed by atoms with E-state index in [2.05, 4.69) is 41.6 Å². The molecule has 0 N–H and O–H groups in total. The lowest BCUT2D eigenvalue weighted by molar-refractivity contribution is 0.174. The van der Waals surface area contributed by atoms with Crippen molar-refractivity contribution in [2.24, 2.45) is 5.92 Å². The first-order chi connectivity index (χ1) is 9.83. The van der Waals surface area contributed by atoms with E-state index < -0.39 is 0 Å². The number of rotatable bonds is 9. The van der Waals surface area contributed by atoms with Gasteiger partial charge >= 0.3 is 0 Å². The van der Waals surface area contributed by atoms with Crippen molar-refractivity contribution in [3.05, 3.63) is 23.8 Å². The fourth-order valence-corrected chi connectivity index (χ4v) is 3.65. The van der Waals surface area contributed by atoms with E-state index in [-0.39, 0.29) is 0 Å². The Balaban J connectivity index is 1.76. The van der Waals surface area contributed by atoms with Gasteiger partial charge in [-0.25, -0.2) is 0 Å². The minimum atomic E-state index is 0.369. The molecule has 0 fully saturated rings. The quantitative estimate of drug-likeness (QED) is 0.418. The van der Waals surface area contributed by atoms with Crippen LogP contribution in [0.2, 0.25) is 0 Å². The van der Waals surface area contributed by atoms with Crippen LogP contribution >= 0.6 is 22.6 Å². The van der Waals surface area contributed by atoms with E-state index >= 15 is 0 Å². The number of benzene rings is 1. The van der Waals surface area contributed by atoms with Gasteiger partial charge in [0.2, 0.25) is 6.79 Å². The number of unbranched alkanes of at least 4 members (excludes halogenated alkanes) is 1. The van der Waals surface area contributed by atoms with Crippen molar-refractivity contribution in [2.75, 3.05) is 11.2 Å². The molecular weight excluding hydrogens is 363 g/mol. The fraction of sp³-hybridized carbons (Fsp3) is 0.647. The summed E-state index contributed by atoms with van der Waals surface area (Å²) in [6.07, 6.45) is 9.27. The lowest BCUT2D eigenvalue weighted by atomic mass is 9.92. The van der Waals surface area contributed by atoms with Gasteiger partial charge < -0.3 is 9.47 Å². The highest BCUT2D eigenvalue weighted by atomic mass is 127. The molecule has 2 nitrogen and oxygen atoms in total. The Bertz CT molecular complexity index is 406. The maximum Gasteiger partial charge on any atom is 0.231 e. The average molecular weight is 388 g/mol. The average Bonchev–Trinajstić information content (AvgIpc) is 2.92. The molecule has 1 atom stereocenters. The molecule has 0 saturated heterocycles. The zero-order chi connectivity index (χ0) is 14.2. The summed E-state index contributed by atoms with van der Waals surface area (Å²) in [6.45, 7) is 2.65. The number of ether oxygens (including phenoxy) is 2. The molecule has 0 bridgehead atoms. The molecule has 0 aliphatic carbocycles. The van der Waals surface area contributed by atoms with Crippen LogP contribution in [0.15, 0.2) is 18.2 Å². The molecule has 0 saturated carbocycles. The predicted octanol–water partition coefficient (Wildman–Crippen LogP) is 5.37. The summed E-state index contributed by atoms with van der Waals surface area (Å²) >= 11 is 2.51. The van der Waals surface area contributed by atoms with Crippen molar-refractivity contribution in [2.45, 2.75) is 51.9 Å². The number of aryl methyl sites for hydroxylation is 1. The van der Waals surface area contributed by atoms with Gasteiger partial charge in [-0.15, -0.1) is 0 Å². The molecule has 0 amide bonds. The van der Waals surface area contributed by atoms with Crippen LogP contribution in [-0.2, 0) is 6.42 Å². The van der Waals surface area contributed by atoms with Crippen LogP contribution in [0.3, 0.4) is 0 Å². The van der Waals surface area contributed by atoms with Gasteiger partial charge in [0.25, 0.3) is 0 Å². The monoisotopic (exact) mass is 388 g/mol. The number of alkyl halides is 1. The van der Waals surface area contributed by atoms with Gasteiger partial charge in [-0.3, -0.25) is 0 Å². The van der Waals surface area contributed by atoms with Gasteiger partial charge in [-0.05, 0) is 47.3 Å². The highest BCUT2D eigenvalue weighted by Crippen LogP contribution is 2.33. The van der Waals surface area contributed by atoms with Crippen molar-refractivity contribution in [1.29, 1.82) is 0 Å². The molecule has 1 aliphatic heterocycles. The Morgan fingerprint density at radius 1 is 1.10 bits per heavy atom. The molecule has 2 rings (SSSR count). The topological polar surface area (TPSA) is 18.5 Å². The second-order valence-electron chi connectivity index (χ2n) is 5.57. The molecule has 1 aromatic carbocycles. The van der Waals surface area contributed by atoms with Gasteiger partial charge in [0.15, 0.2) is 11.5 Å². The van der Waals surface area contributed by atoms with Gasteiger partial charge in [-0.1, -0.05) is 61.3 Å². The van der Waals surface area contributed by atoms with Crippen LogP contribution in [0.4, 0.5) is 0 Å². The van der Waals surface area contributed by atoms with E-state index in [0.29, 0.717) is 6.79 Å². The normalized spacial score (nSPS) is 14.5. The first-order valence-electron chi connectivity index (χ1n) is 7.78. The summed E-state index contributed by atoms with van der Waals surface area (Å²) in [7, 11) is 0. The van der Waals surface area contributed by atoms with E-state index in [4.69, 9.17) is 9.47 Å². The van der Waals surface area contributed by atoms with E-state index in [1.807, 2.05) is 6.07 Å². The second kappa shape index (κ2) is 8.75. The predicted molar refractivity (Wildman–Crippen MR) is 92.0 cm³/mol. The number of fused-ring (bicyclic) bond motifs is 1. The van der Waals surface area contributed by atoms with Gasteiger partial charge in [0, 0.05) is 0 Å². The van der Waals surface area contributed by atoms with Gasteiger partial charge in [-0.2, -0.15) is 0 Å². The van der Waals surface area contributed by atoms with E-state index in [1.165, 1.54) is 48.5 Å². The molecule has 3 heteroatoms. The summed E-state index contributed by atoms with van der Waals surface area (Å²) in [4.78, 5) is 0. The third kappa shape index (κ3) is 4.83. The number of hydrogen-bond acceptors (Lipinski definition) is 2. The summed E-state index contributed by atoms with van der Waals surface area (Å²) in [6, 6.07) is 6.35. The molecule has 0 aromatic heterocycles. The van der Waals surface area contributed by atoms with Crippen LogP contribution in [0, 0.1) is 5.92 Å². The van der Waals surface area contributed by atoms with E-state index in [9.17, 15) is 0 Å². The lowest BCUT2D eigenvalue weighted by Gasteiger charge is -2.15. The van der Waals surface area contributed by atoms with Gasteiger partial charge in [0.1, 0.15) is 0 Å². The molecular formula is C17H25IO2. The molecule has 112 valence electrons. The van der Waals surface area contributed by atoms with E-state index in [0.717, 1.165) is 23.8 Å². The van der Waals surface area contributed by atoms with Crippen molar-refractivity contribution in [3.8, 4) is 11.5 Å². The number of halogens is 1. The lowest BCUT2D eigenvalue weighted by Crippen LogP contribution is -2.02. The van der Waals surface area contributed by atoms with Crippen molar-refractivity contribution in [3.63, 3.8) is 0 Å². The van der Waals surface area contributed by atoms with E-state index in [1.54, 1.807) is 0 Å². The molecule has 0 spiro atoms. The van der Waals surface area contributed by atoms with Crippen LogP contribution in [0.1, 0.15) is 51.0 Å². The van der Waals surface area contributed by atoms with Crippen molar-refractivity contribution in [1.82, 2.24) is 0 Å². The van der Waals surface area contributed by atoms with Crippen molar-refractivity contribution < 1.29 is 9.47 Å². The summed E-state index contributed by atoms with van der Waals surface area (Å²) < 4.78 is 12.1. The summed E-state index contributed by atoms with van der Waals surface area (Å²) in [5.41, 5.74) is 1.37. The smallest absolute Gasteiger partial charge is 0.231 e. The summed E-state index contributed by atoms with van der Waals surface area (Å²) in [5.74, 6) is 2.72. The third-order valence-electron chi connectivity index (χ3n) is 4.00. The van der Waals surface area contributed by atoms with Crippen molar-refractivity contribution >= 4 is 22.6 Å². The third-order valence-corrected chi connectivity index (χ3v) is 4.62. The first kappa shape index (κ1) is 15.9. The standard InChI is InChI=1S/C17H25IO2/c1-2-3-5-14(10-11-18)6-4-7-15-8-9-16-17(12-15)20-13-19-16/h8-9,12,14H,2-7,10-11,13H2,1H3. The zero-order valence-corrected chi connectivity index (χ0v) is 14.5. The summed E-state index contributed by atoms with van der Waals surface area (Å²) in [5, 5.41) is 0. The minimum absolute atomic E-state index is 0.369. The zero-order valence-electron chi connectivity index (χ0n) is 12.4. The largest absolute Gasteiger partial charge is 0.454 e. The Morgan fingerprint density at radius 3 is 2.70 bits per heavy atom. The Kier molecular flexibility index (Phi) is 6.97. The highest BCUT2D eigenvalue weighted by molar-refractivity contribution is 14.1. The molecule has 1 unspecified atom stereocenters. The van der Waals surface area contributed by atoms with Crippen LogP contribution in [0.25, 0.3) is 0 Å². The fourth-order valence-electron chi connectivity index (χ4n) is 2.77. The van der Waals surface area contributed by atoms with Gasteiger partial charge in [0.05, 0.1) is 0 Å². The highest BCUT2D eigenvalue weighted by Gasteiger charge is 2.13. The van der Waals surface area contributed by atoms with Crippen LogP contribution in [0.5, 0.6) is 11.5 Å². The maximum absolute atomic E-state index is 5.43. The second-order valence-corrected chi connectivity index (χ2v) is 6.64. The first-order valence-corrected chi connectivity index (χ1v) is 9.30. The maximum atomic E-state index is 5.43. The minimum Gasteiger partial charge on any atom is -0.454 e. The molecule has 0 radical (unpaired) electrons.